The van der Waals surface area contributed by atoms with Gasteiger partial charge in [0.2, 0.25) is 11.8 Å². The average molecular weight is 526 g/mol. The van der Waals surface area contributed by atoms with Crippen molar-refractivity contribution in [1.29, 1.82) is 0 Å². The van der Waals surface area contributed by atoms with Crippen LogP contribution in [0.3, 0.4) is 0 Å². The molecular formula is C31H31N3O5. The quantitative estimate of drug-likeness (QED) is 0.385. The first-order valence-electron chi connectivity index (χ1n) is 13.2. The largest absolute Gasteiger partial charge is 0.494 e. The van der Waals surface area contributed by atoms with Gasteiger partial charge in [-0.3, -0.25) is 9.59 Å². The molecule has 3 aromatic carbocycles. The van der Waals surface area contributed by atoms with Crippen LogP contribution in [0.4, 0.5) is 0 Å². The molecule has 1 saturated heterocycles. The number of H-pyrrole nitrogens is 1. The molecule has 0 spiro atoms. The van der Waals surface area contributed by atoms with Crippen molar-refractivity contribution >= 4 is 22.7 Å². The third kappa shape index (κ3) is 4.16. The van der Waals surface area contributed by atoms with Gasteiger partial charge in [0, 0.05) is 35.1 Å². The second-order valence-electron chi connectivity index (χ2n) is 9.84. The van der Waals surface area contributed by atoms with E-state index in [1.165, 1.54) is 0 Å². The fraction of sp³-hybridized carbons (Fsp3) is 0.290. The topological polar surface area (TPSA) is 84.1 Å². The highest BCUT2D eigenvalue weighted by Crippen LogP contribution is 2.45. The minimum absolute atomic E-state index is 0.00740. The van der Waals surface area contributed by atoms with Gasteiger partial charge in [-0.1, -0.05) is 42.5 Å². The lowest BCUT2D eigenvalue weighted by molar-refractivity contribution is -0.159. The van der Waals surface area contributed by atoms with Crippen molar-refractivity contribution in [3.63, 3.8) is 0 Å². The maximum Gasteiger partial charge on any atom is 0.246 e. The van der Waals surface area contributed by atoms with Crippen LogP contribution in [0.5, 0.6) is 17.2 Å². The number of methoxy groups -OCH3 is 2. The van der Waals surface area contributed by atoms with E-state index in [-0.39, 0.29) is 18.4 Å². The second kappa shape index (κ2) is 10.0. The number of hydrogen-bond acceptors (Lipinski definition) is 5. The molecule has 1 aromatic heterocycles. The van der Waals surface area contributed by atoms with E-state index in [0.29, 0.717) is 36.8 Å². The molecule has 2 aliphatic heterocycles. The van der Waals surface area contributed by atoms with Gasteiger partial charge in [0.25, 0.3) is 0 Å². The number of rotatable bonds is 7. The molecule has 3 heterocycles. The summed E-state index contributed by atoms with van der Waals surface area (Å²) >= 11 is 0. The summed E-state index contributed by atoms with van der Waals surface area (Å²) < 4.78 is 16.8. The maximum absolute atomic E-state index is 14.1. The number of para-hydroxylation sites is 2. The SMILES string of the molecule is CCOc1ccccc1C1c2[nH]c3ccccc3c2C[C@H]2C(=O)N(Cc3ccc(OC)c(OC)c3)CC(=O)N12. The Kier molecular flexibility index (Phi) is 6.38. The van der Waals surface area contributed by atoms with Crippen LogP contribution in [-0.4, -0.2) is 60.0 Å². The molecule has 2 amide bonds. The molecule has 2 atom stereocenters. The highest BCUT2D eigenvalue weighted by Gasteiger charge is 2.48. The number of nitrogens with one attached hydrogen (secondary N) is 1. The van der Waals surface area contributed by atoms with E-state index < -0.39 is 12.1 Å². The van der Waals surface area contributed by atoms with E-state index in [1.54, 1.807) is 24.0 Å². The van der Waals surface area contributed by atoms with E-state index >= 15 is 0 Å². The zero-order chi connectivity index (χ0) is 27.1. The van der Waals surface area contributed by atoms with Gasteiger partial charge in [-0.05, 0) is 42.3 Å². The minimum Gasteiger partial charge on any atom is -0.494 e. The number of carbonyl (C=O) groups is 2. The Balaban J connectivity index is 1.42. The Bertz CT molecular complexity index is 1560. The molecule has 0 aliphatic carbocycles. The predicted octanol–water partition coefficient (Wildman–Crippen LogP) is 4.47. The molecule has 2 aliphatic rings. The number of benzene rings is 3. The Hall–Kier alpha value is -4.46. The molecule has 1 N–H and O–H groups in total. The highest BCUT2D eigenvalue weighted by molar-refractivity contribution is 5.97. The molecule has 0 saturated carbocycles. The van der Waals surface area contributed by atoms with Crippen molar-refractivity contribution in [2.45, 2.75) is 32.0 Å². The predicted molar refractivity (Wildman–Crippen MR) is 147 cm³/mol. The molecule has 1 fully saturated rings. The van der Waals surface area contributed by atoms with Gasteiger partial charge in [0.05, 0.1) is 20.8 Å². The van der Waals surface area contributed by atoms with E-state index in [9.17, 15) is 9.59 Å². The summed E-state index contributed by atoms with van der Waals surface area (Å²) in [5.41, 5.74) is 4.73. The molecule has 0 bridgehead atoms. The van der Waals surface area contributed by atoms with Crippen LogP contribution < -0.4 is 14.2 Å². The molecule has 8 nitrogen and oxygen atoms in total. The lowest BCUT2D eigenvalue weighted by atomic mass is 9.85. The van der Waals surface area contributed by atoms with Crippen molar-refractivity contribution in [2.24, 2.45) is 0 Å². The van der Waals surface area contributed by atoms with Gasteiger partial charge >= 0.3 is 0 Å². The number of hydrogen-bond donors (Lipinski definition) is 1. The fourth-order valence-electron chi connectivity index (χ4n) is 5.97. The number of aromatic amines is 1. The maximum atomic E-state index is 14.1. The smallest absolute Gasteiger partial charge is 0.246 e. The normalized spacial score (nSPS) is 18.6. The van der Waals surface area contributed by atoms with Gasteiger partial charge in [-0.15, -0.1) is 0 Å². The van der Waals surface area contributed by atoms with Crippen LogP contribution in [0.25, 0.3) is 10.9 Å². The molecule has 4 aromatic rings. The number of piperazine rings is 1. The summed E-state index contributed by atoms with van der Waals surface area (Å²) in [5, 5.41) is 1.07. The van der Waals surface area contributed by atoms with E-state index in [2.05, 4.69) is 11.1 Å². The molecule has 39 heavy (non-hydrogen) atoms. The summed E-state index contributed by atoms with van der Waals surface area (Å²) in [4.78, 5) is 35.0. The standard InChI is InChI=1S/C31H31N3O5/c1-4-39-25-12-8-6-10-21(25)30-29-22(20-9-5-7-11-23(20)32-29)16-24-31(36)33(18-28(35)34(24)30)17-19-13-14-26(37-2)27(15-19)38-3/h5-15,24,30,32H,4,16-18H2,1-3H3/t24-,30?/m0/s1. The van der Waals surface area contributed by atoms with Gasteiger partial charge in [0.1, 0.15) is 24.4 Å². The number of aromatic nitrogens is 1. The van der Waals surface area contributed by atoms with Crippen molar-refractivity contribution in [1.82, 2.24) is 14.8 Å². The Labute approximate surface area is 227 Å². The van der Waals surface area contributed by atoms with E-state index in [4.69, 9.17) is 14.2 Å². The summed E-state index contributed by atoms with van der Waals surface area (Å²) in [6, 6.07) is 20.3. The van der Waals surface area contributed by atoms with Crippen LogP contribution in [0.15, 0.2) is 66.7 Å². The van der Waals surface area contributed by atoms with Crippen molar-refractivity contribution in [3.8, 4) is 17.2 Å². The van der Waals surface area contributed by atoms with E-state index in [0.717, 1.165) is 33.3 Å². The van der Waals surface area contributed by atoms with Crippen molar-refractivity contribution in [3.05, 3.63) is 89.1 Å². The summed E-state index contributed by atoms with van der Waals surface area (Å²) in [6.07, 6.45) is 0.444. The zero-order valence-corrected chi connectivity index (χ0v) is 22.3. The van der Waals surface area contributed by atoms with Gasteiger partial charge in [0.15, 0.2) is 11.5 Å². The van der Waals surface area contributed by atoms with Gasteiger partial charge in [-0.25, -0.2) is 0 Å². The lowest BCUT2D eigenvalue weighted by Crippen LogP contribution is -2.62. The van der Waals surface area contributed by atoms with Crippen LogP contribution in [0.1, 0.15) is 35.3 Å². The molecule has 200 valence electrons. The Morgan fingerprint density at radius 2 is 1.69 bits per heavy atom. The Morgan fingerprint density at radius 3 is 2.49 bits per heavy atom. The van der Waals surface area contributed by atoms with Crippen molar-refractivity contribution in [2.75, 3.05) is 27.4 Å². The number of amides is 2. The first kappa shape index (κ1) is 24.9. The number of carbonyl (C=O) groups excluding carboxylic acids is 2. The third-order valence-corrected chi connectivity index (χ3v) is 7.68. The number of nitrogens with zero attached hydrogens (tertiary/aromatic N) is 2. The monoisotopic (exact) mass is 525 g/mol. The average Bonchev–Trinajstić information content (AvgIpc) is 3.33. The first-order valence-corrected chi connectivity index (χ1v) is 13.2. The van der Waals surface area contributed by atoms with Crippen molar-refractivity contribution < 1.29 is 23.8 Å². The van der Waals surface area contributed by atoms with Crippen LogP contribution in [0, 0.1) is 0 Å². The van der Waals surface area contributed by atoms with Gasteiger partial charge in [-0.2, -0.15) is 0 Å². The second-order valence-corrected chi connectivity index (χ2v) is 9.84. The highest BCUT2D eigenvalue weighted by atomic mass is 16.5. The molecular weight excluding hydrogens is 494 g/mol. The Morgan fingerprint density at radius 1 is 0.923 bits per heavy atom. The molecule has 8 heteroatoms. The number of fused-ring (bicyclic) bond motifs is 4. The number of ether oxygens (including phenoxy) is 3. The van der Waals surface area contributed by atoms with Crippen LogP contribution >= 0.6 is 0 Å². The third-order valence-electron chi connectivity index (χ3n) is 7.68. The molecule has 0 radical (unpaired) electrons. The lowest BCUT2D eigenvalue weighted by Gasteiger charge is -2.47. The fourth-order valence-corrected chi connectivity index (χ4v) is 5.97. The zero-order valence-electron chi connectivity index (χ0n) is 22.3. The minimum atomic E-state index is -0.627. The van der Waals surface area contributed by atoms with E-state index in [1.807, 2.05) is 67.6 Å². The summed E-state index contributed by atoms with van der Waals surface area (Å²) in [7, 11) is 3.16. The molecule has 1 unspecified atom stereocenters. The summed E-state index contributed by atoms with van der Waals surface area (Å²) in [6.45, 7) is 2.73. The van der Waals surface area contributed by atoms with Gasteiger partial charge < -0.3 is 29.0 Å². The van der Waals surface area contributed by atoms with Crippen LogP contribution in [0.2, 0.25) is 0 Å². The van der Waals surface area contributed by atoms with Crippen LogP contribution in [-0.2, 0) is 22.6 Å². The summed E-state index contributed by atoms with van der Waals surface area (Å²) in [5.74, 6) is 1.74. The first-order chi connectivity index (χ1) is 19.0. The molecule has 6 rings (SSSR count).